The zero-order valence-electron chi connectivity index (χ0n) is 12.3. The molecule has 0 saturated heterocycles. The van der Waals surface area contributed by atoms with Gasteiger partial charge in [-0.25, -0.2) is 0 Å². The molecule has 3 N–H and O–H groups in total. The minimum atomic E-state index is -4.53. The van der Waals surface area contributed by atoms with Crippen molar-refractivity contribution < 1.29 is 18.0 Å². The number of nitrogen functional groups attached to an aromatic ring is 1. The van der Waals surface area contributed by atoms with Crippen LogP contribution in [0.3, 0.4) is 0 Å². The predicted molar refractivity (Wildman–Crippen MR) is 76.9 cm³/mol. The summed E-state index contributed by atoms with van der Waals surface area (Å²) in [4.78, 5) is 13.7. The molecular formula is C14H20F3N3O. The maximum atomic E-state index is 13.0. The van der Waals surface area contributed by atoms with Gasteiger partial charge in [-0.15, -0.1) is 0 Å². The number of nitrogens with one attached hydrogen (secondary N) is 1. The van der Waals surface area contributed by atoms with Crippen molar-refractivity contribution in [2.75, 3.05) is 24.1 Å². The van der Waals surface area contributed by atoms with Crippen LogP contribution in [0.2, 0.25) is 0 Å². The van der Waals surface area contributed by atoms with Crippen molar-refractivity contribution in [2.24, 2.45) is 0 Å². The Labute approximate surface area is 122 Å². The van der Waals surface area contributed by atoms with E-state index in [1.54, 1.807) is 4.90 Å². The lowest BCUT2D eigenvalue weighted by Crippen LogP contribution is -2.41. The Kier molecular flexibility index (Phi) is 5.46. The number of likely N-dealkylation sites (N-methyl/N-ethyl adjacent to an activating group) is 1. The van der Waals surface area contributed by atoms with Crippen LogP contribution in [0, 0.1) is 0 Å². The van der Waals surface area contributed by atoms with Gasteiger partial charge in [0.05, 0.1) is 5.56 Å². The fourth-order valence-electron chi connectivity index (χ4n) is 2.03. The van der Waals surface area contributed by atoms with E-state index in [4.69, 9.17) is 5.73 Å². The van der Waals surface area contributed by atoms with Gasteiger partial charge in [-0.1, -0.05) is 0 Å². The Morgan fingerprint density at radius 2 is 1.90 bits per heavy atom. The average molecular weight is 303 g/mol. The number of halogens is 3. The highest BCUT2D eigenvalue weighted by molar-refractivity contribution is 5.84. The lowest BCUT2D eigenvalue weighted by Gasteiger charge is -2.25. The molecule has 1 unspecified atom stereocenters. The van der Waals surface area contributed by atoms with E-state index >= 15 is 0 Å². The van der Waals surface area contributed by atoms with Gasteiger partial charge < -0.3 is 16.0 Å². The van der Waals surface area contributed by atoms with Crippen molar-refractivity contribution in [3.63, 3.8) is 0 Å². The second kappa shape index (κ2) is 6.69. The quantitative estimate of drug-likeness (QED) is 0.822. The fourth-order valence-corrected chi connectivity index (χ4v) is 2.03. The number of benzene rings is 1. The van der Waals surface area contributed by atoms with Gasteiger partial charge in [0.1, 0.15) is 6.04 Å². The molecule has 0 aromatic heterocycles. The summed E-state index contributed by atoms with van der Waals surface area (Å²) in [5.74, 6) is -0.245. The molecule has 1 aromatic carbocycles. The van der Waals surface area contributed by atoms with Gasteiger partial charge in [0.25, 0.3) is 0 Å². The molecule has 0 aliphatic heterocycles. The molecule has 0 aliphatic rings. The first-order valence-corrected chi connectivity index (χ1v) is 6.72. The van der Waals surface area contributed by atoms with Gasteiger partial charge in [0, 0.05) is 24.5 Å². The Morgan fingerprint density at radius 1 is 1.33 bits per heavy atom. The summed E-state index contributed by atoms with van der Waals surface area (Å²) in [6, 6.07) is 2.71. The van der Waals surface area contributed by atoms with E-state index in [9.17, 15) is 18.0 Å². The number of nitrogens with zero attached hydrogens (tertiary/aromatic N) is 1. The summed E-state index contributed by atoms with van der Waals surface area (Å²) < 4.78 is 38.9. The molecule has 0 fully saturated rings. The number of alkyl halides is 3. The van der Waals surface area contributed by atoms with Crippen LogP contribution in [0.25, 0.3) is 0 Å². The monoisotopic (exact) mass is 303 g/mol. The third-order valence-corrected chi connectivity index (χ3v) is 3.17. The minimum Gasteiger partial charge on any atom is -0.399 e. The van der Waals surface area contributed by atoms with E-state index in [0.29, 0.717) is 13.1 Å². The maximum absolute atomic E-state index is 13.0. The summed E-state index contributed by atoms with van der Waals surface area (Å²) in [6.45, 7) is 6.19. The molecule has 118 valence electrons. The molecule has 4 nitrogen and oxygen atoms in total. The number of hydrogen-bond donors (Lipinski definition) is 2. The third kappa shape index (κ3) is 4.27. The van der Waals surface area contributed by atoms with Crippen molar-refractivity contribution in [3.8, 4) is 0 Å². The van der Waals surface area contributed by atoms with Gasteiger partial charge >= 0.3 is 6.18 Å². The van der Waals surface area contributed by atoms with Gasteiger partial charge in [-0.05, 0) is 39.0 Å². The molecule has 0 radical (unpaired) electrons. The van der Waals surface area contributed by atoms with Crippen LogP contribution >= 0.6 is 0 Å². The van der Waals surface area contributed by atoms with Crippen LogP contribution in [0.5, 0.6) is 0 Å². The van der Waals surface area contributed by atoms with Crippen molar-refractivity contribution in [2.45, 2.75) is 33.0 Å². The smallest absolute Gasteiger partial charge is 0.399 e. The molecule has 21 heavy (non-hydrogen) atoms. The molecule has 7 heteroatoms. The van der Waals surface area contributed by atoms with Crippen LogP contribution in [-0.2, 0) is 11.0 Å². The van der Waals surface area contributed by atoms with Gasteiger partial charge in [0.15, 0.2) is 0 Å². The normalized spacial score (nSPS) is 12.9. The number of anilines is 2. The van der Waals surface area contributed by atoms with Gasteiger partial charge in [0.2, 0.25) is 5.91 Å². The lowest BCUT2D eigenvalue weighted by molar-refractivity contribution is -0.137. The first-order chi connectivity index (χ1) is 9.70. The zero-order valence-corrected chi connectivity index (χ0v) is 12.3. The van der Waals surface area contributed by atoms with E-state index in [-0.39, 0.29) is 17.3 Å². The maximum Gasteiger partial charge on any atom is 0.418 e. The molecule has 0 heterocycles. The number of rotatable bonds is 5. The Bertz CT molecular complexity index is 499. The Hall–Kier alpha value is -1.92. The van der Waals surface area contributed by atoms with Crippen LogP contribution in [-0.4, -0.2) is 29.9 Å². The first-order valence-electron chi connectivity index (χ1n) is 6.72. The summed E-state index contributed by atoms with van der Waals surface area (Å²) in [6.07, 6.45) is -4.53. The highest BCUT2D eigenvalue weighted by Crippen LogP contribution is 2.36. The predicted octanol–water partition coefficient (Wildman–Crippen LogP) is 2.96. The average Bonchev–Trinajstić information content (AvgIpc) is 2.40. The number of hydrogen-bond acceptors (Lipinski definition) is 3. The fraction of sp³-hybridized carbons (Fsp3) is 0.500. The molecule has 1 rings (SSSR count). The van der Waals surface area contributed by atoms with Crippen LogP contribution in [0.4, 0.5) is 24.5 Å². The Balaban J connectivity index is 3.00. The van der Waals surface area contributed by atoms with Crippen molar-refractivity contribution >= 4 is 17.3 Å². The highest BCUT2D eigenvalue weighted by Gasteiger charge is 2.34. The molecule has 1 amide bonds. The van der Waals surface area contributed by atoms with Crippen molar-refractivity contribution in [1.29, 1.82) is 0 Å². The number of nitrogens with two attached hydrogens (primary N) is 1. The second-order valence-corrected chi connectivity index (χ2v) is 4.68. The zero-order chi connectivity index (χ0) is 16.2. The number of carbonyl (C=O) groups excluding carboxylic acids is 1. The summed E-state index contributed by atoms with van der Waals surface area (Å²) in [5.41, 5.74) is 4.40. The minimum absolute atomic E-state index is 0.0237. The van der Waals surface area contributed by atoms with Crippen LogP contribution in [0.15, 0.2) is 18.2 Å². The highest BCUT2D eigenvalue weighted by atomic mass is 19.4. The number of carbonyl (C=O) groups is 1. The molecule has 1 aromatic rings. The first kappa shape index (κ1) is 17.1. The summed E-state index contributed by atoms with van der Waals surface area (Å²) in [5, 5.41) is 2.63. The van der Waals surface area contributed by atoms with Crippen molar-refractivity contribution in [1.82, 2.24) is 4.90 Å². The van der Waals surface area contributed by atoms with Crippen LogP contribution in [0.1, 0.15) is 26.3 Å². The standard InChI is InChI=1S/C14H20F3N3O/c1-4-20(5-2)13(21)9(3)19-12-7-6-10(18)8-11(12)14(15,16)17/h6-9,19H,4-5,18H2,1-3H3. The molecule has 0 spiro atoms. The molecule has 0 bridgehead atoms. The molecule has 0 aliphatic carbocycles. The van der Waals surface area contributed by atoms with Gasteiger partial charge in [-0.3, -0.25) is 4.79 Å². The largest absolute Gasteiger partial charge is 0.418 e. The topological polar surface area (TPSA) is 58.4 Å². The van der Waals surface area contributed by atoms with E-state index < -0.39 is 17.8 Å². The second-order valence-electron chi connectivity index (χ2n) is 4.68. The summed E-state index contributed by atoms with van der Waals surface area (Å²) in [7, 11) is 0. The van der Waals surface area contributed by atoms with E-state index in [2.05, 4.69) is 5.32 Å². The summed E-state index contributed by atoms with van der Waals surface area (Å²) >= 11 is 0. The lowest BCUT2D eigenvalue weighted by atomic mass is 10.1. The van der Waals surface area contributed by atoms with E-state index in [1.165, 1.54) is 19.1 Å². The Morgan fingerprint density at radius 3 is 2.38 bits per heavy atom. The molecular weight excluding hydrogens is 283 g/mol. The van der Waals surface area contributed by atoms with E-state index in [1.807, 2.05) is 13.8 Å². The number of amides is 1. The van der Waals surface area contributed by atoms with Crippen molar-refractivity contribution in [3.05, 3.63) is 23.8 Å². The molecule has 0 saturated carbocycles. The van der Waals surface area contributed by atoms with E-state index in [0.717, 1.165) is 6.07 Å². The SMILES string of the molecule is CCN(CC)C(=O)C(C)Nc1ccc(N)cc1C(F)(F)F. The molecule has 1 atom stereocenters. The third-order valence-electron chi connectivity index (χ3n) is 3.17. The van der Waals surface area contributed by atoms with Gasteiger partial charge in [-0.2, -0.15) is 13.2 Å². The van der Waals surface area contributed by atoms with Crippen LogP contribution < -0.4 is 11.1 Å².